The summed E-state index contributed by atoms with van der Waals surface area (Å²) in [6.07, 6.45) is 3.34. The Morgan fingerprint density at radius 1 is 0.703 bits per heavy atom. The molecule has 0 aliphatic carbocycles. The number of hydrogen-bond acceptors (Lipinski definition) is 9. The number of carbonyl (C=O) groups is 4. The number of alkyl carbamates (subject to hydrolysis) is 2. The zero-order chi connectivity index (χ0) is 45.1. The quantitative estimate of drug-likeness (QED) is 0.0995. The van der Waals surface area contributed by atoms with Crippen molar-refractivity contribution in [3.05, 3.63) is 121 Å². The fourth-order valence-electron chi connectivity index (χ4n) is 8.88. The Balaban J connectivity index is 0.965. The van der Waals surface area contributed by atoms with Crippen LogP contribution in [0.25, 0.3) is 44.4 Å². The van der Waals surface area contributed by atoms with Crippen LogP contribution in [0.3, 0.4) is 0 Å². The second-order valence-corrected chi connectivity index (χ2v) is 17.0. The molecule has 4 heterocycles. The number of likely N-dealkylation sites (tertiary alicyclic amines) is 2. The molecule has 328 valence electrons. The number of hydrogen-bond donors (Lipinski definition) is 4. The van der Waals surface area contributed by atoms with Gasteiger partial charge in [-0.1, -0.05) is 99.6 Å². The maximum absolute atomic E-state index is 14.1. The fourth-order valence-corrected chi connectivity index (χ4v) is 8.88. The summed E-state index contributed by atoms with van der Waals surface area (Å²) >= 11 is 0. The van der Waals surface area contributed by atoms with Crippen molar-refractivity contribution in [2.45, 2.75) is 57.8 Å². The summed E-state index contributed by atoms with van der Waals surface area (Å²) < 4.78 is 9.62. The van der Waals surface area contributed by atoms with Crippen LogP contribution in [0.4, 0.5) is 9.59 Å². The molecule has 64 heavy (non-hydrogen) atoms. The lowest BCUT2D eigenvalue weighted by Crippen LogP contribution is -2.51. The van der Waals surface area contributed by atoms with E-state index in [-0.39, 0.29) is 36.2 Å². The van der Waals surface area contributed by atoms with E-state index in [1.165, 1.54) is 14.2 Å². The van der Waals surface area contributed by atoms with Crippen molar-refractivity contribution >= 4 is 34.8 Å². The van der Waals surface area contributed by atoms with Gasteiger partial charge in [-0.2, -0.15) is 5.26 Å². The van der Waals surface area contributed by atoms with E-state index in [0.29, 0.717) is 30.2 Å². The van der Waals surface area contributed by atoms with Gasteiger partial charge in [-0.3, -0.25) is 9.59 Å². The molecule has 1 unspecified atom stereocenters. The third-order valence-electron chi connectivity index (χ3n) is 12.3. The van der Waals surface area contributed by atoms with E-state index in [2.05, 4.69) is 88.2 Å². The Labute approximate surface area is 371 Å². The first kappa shape index (κ1) is 43.2. The van der Waals surface area contributed by atoms with E-state index < -0.39 is 36.2 Å². The van der Waals surface area contributed by atoms with Crippen molar-refractivity contribution in [1.82, 2.24) is 40.4 Å². The van der Waals surface area contributed by atoms with Gasteiger partial charge in [-0.25, -0.2) is 19.6 Å². The molecule has 2 aliphatic heterocycles. The molecule has 2 aliphatic rings. The molecule has 2 fully saturated rings. The largest absolute Gasteiger partial charge is 0.453 e. The Kier molecular flexibility index (Phi) is 12.5. The van der Waals surface area contributed by atoms with Crippen LogP contribution in [0.1, 0.15) is 69.0 Å². The number of fused-ring (bicyclic) bond motifs is 1. The smallest absolute Gasteiger partial charge is 0.407 e. The van der Waals surface area contributed by atoms with Gasteiger partial charge in [0.25, 0.3) is 5.91 Å². The summed E-state index contributed by atoms with van der Waals surface area (Å²) in [7, 11) is 2.53. The lowest BCUT2D eigenvalue weighted by Gasteiger charge is -2.30. The third-order valence-corrected chi connectivity index (χ3v) is 12.3. The van der Waals surface area contributed by atoms with Gasteiger partial charge in [0.1, 0.15) is 23.7 Å². The third kappa shape index (κ3) is 8.90. The predicted octanol–water partition coefficient (Wildman–Crippen LogP) is 8.09. The van der Waals surface area contributed by atoms with Gasteiger partial charge in [-0.05, 0) is 69.8 Å². The number of ether oxygens (including phenoxy) is 2. The van der Waals surface area contributed by atoms with Crippen LogP contribution in [0.2, 0.25) is 0 Å². The summed E-state index contributed by atoms with van der Waals surface area (Å²) in [6.45, 7) is 6.69. The van der Waals surface area contributed by atoms with Crippen molar-refractivity contribution in [3.63, 3.8) is 0 Å². The summed E-state index contributed by atoms with van der Waals surface area (Å²) in [6, 6.07) is 29.6. The monoisotopic (exact) mass is 861 g/mol. The molecule has 0 spiro atoms. The van der Waals surface area contributed by atoms with Crippen molar-refractivity contribution in [3.8, 4) is 39.7 Å². The fraction of sp³-hybridized carbons (Fsp3) is 0.327. The molecule has 4 amide bonds. The molecule has 15 heteroatoms. The summed E-state index contributed by atoms with van der Waals surface area (Å²) in [4.78, 5) is 72.0. The average Bonchev–Trinajstić information content (AvgIpc) is 4.16. The van der Waals surface area contributed by atoms with Crippen LogP contribution in [0.15, 0.2) is 103 Å². The maximum Gasteiger partial charge on any atom is 0.407 e. The van der Waals surface area contributed by atoms with Gasteiger partial charge in [0.05, 0.1) is 62.1 Å². The zero-order valence-corrected chi connectivity index (χ0v) is 36.4. The molecule has 15 nitrogen and oxygen atoms in total. The second kappa shape index (κ2) is 18.5. The summed E-state index contributed by atoms with van der Waals surface area (Å²) in [5.41, 5.74) is 6.21. The highest BCUT2D eigenvalue weighted by molar-refractivity contribution is 5.91. The molecule has 2 aromatic heterocycles. The highest BCUT2D eigenvalue weighted by Gasteiger charge is 2.42. The molecule has 6 atom stereocenters. The Morgan fingerprint density at radius 2 is 1.25 bits per heavy atom. The van der Waals surface area contributed by atoms with Crippen molar-refractivity contribution in [2.24, 2.45) is 17.8 Å². The average molecular weight is 862 g/mol. The topological polar surface area (TPSA) is 198 Å². The molecule has 8 rings (SSSR count). The van der Waals surface area contributed by atoms with Crippen molar-refractivity contribution in [2.75, 3.05) is 27.3 Å². The van der Waals surface area contributed by atoms with Crippen molar-refractivity contribution in [1.29, 1.82) is 5.26 Å². The zero-order valence-electron chi connectivity index (χ0n) is 36.4. The van der Waals surface area contributed by atoms with E-state index in [1.807, 2.05) is 30.9 Å². The van der Waals surface area contributed by atoms with Crippen LogP contribution in [-0.2, 0) is 19.1 Å². The highest BCUT2D eigenvalue weighted by Crippen LogP contribution is 2.39. The second-order valence-electron chi connectivity index (χ2n) is 17.0. The van der Waals surface area contributed by atoms with Crippen LogP contribution in [0, 0.1) is 29.1 Å². The lowest BCUT2D eigenvalue weighted by atomic mass is 9.98. The van der Waals surface area contributed by atoms with E-state index >= 15 is 0 Å². The van der Waals surface area contributed by atoms with Crippen LogP contribution in [-0.4, -0.2) is 87.1 Å². The number of aromatic nitrogens is 4. The van der Waals surface area contributed by atoms with Crippen LogP contribution < -0.4 is 10.6 Å². The Morgan fingerprint density at radius 3 is 1.88 bits per heavy atom. The van der Waals surface area contributed by atoms with E-state index in [1.54, 1.807) is 41.6 Å². The number of amides is 4. The molecule has 0 bridgehead atoms. The number of methoxy groups -OCH3 is 2. The standard InChI is InChI=1S/C49H51N9O6/c1-28(2)42(55-48(61)63-4)46(59)57-26-29(3)19-40(57)44-51-24-38(53-44)32-13-11-31(12-14-32)34-15-16-36-22-37(18-17-35(36)21-34)39-25-52-45(54-39)41-20-30(23-50)27-58(41)47(60)43(56-49(62)64-5)33-9-7-6-8-10-33/h6-18,21-22,24-25,28-30,40-43H,19-20,26-27H2,1-5H3,(H,51,53)(H,52,54)(H,55,61)(H,56,62)/t29?,30-,40+,41+,42+,43-/m1/s1. The Bertz CT molecular complexity index is 2710. The van der Waals surface area contributed by atoms with Gasteiger partial charge in [-0.15, -0.1) is 0 Å². The minimum absolute atomic E-state index is 0.124. The molecule has 2 saturated heterocycles. The first-order valence-corrected chi connectivity index (χ1v) is 21.4. The normalized spacial score (nSPS) is 19.3. The number of H-pyrrole nitrogens is 2. The number of nitriles is 1. The van der Waals surface area contributed by atoms with Crippen LogP contribution in [0.5, 0.6) is 0 Å². The van der Waals surface area contributed by atoms with Gasteiger partial charge >= 0.3 is 12.2 Å². The molecule has 0 radical (unpaired) electrons. The molecular weight excluding hydrogens is 811 g/mol. The number of carbonyl (C=O) groups excluding carboxylic acids is 4. The maximum atomic E-state index is 14.1. The SMILES string of the molecule is COC(=O)N[C@H](C(=O)N1CC(C)C[C@H]1c1ncc(-c2ccc(-c3ccc4cc(-c5cnc([C@@H]6C[C@H](C#N)CN6C(=O)[C@H](NC(=O)OC)c6ccccc6)[nH]5)ccc4c3)cc2)[nH]1)C(C)C. The van der Waals surface area contributed by atoms with Crippen molar-refractivity contribution < 1.29 is 28.7 Å². The van der Waals surface area contributed by atoms with E-state index in [0.717, 1.165) is 50.8 Å². The number of nitrogens with one attached hydrogen (secondary N) is 4. The van der Waals surface area contributed by atoms with Crippen LogP contribution >= 0.6 is 0 Å². The molecular formula is C49H51N9O6. The minimum atomic E-state index is -1.00. The number of rotatable bonds is 11. The van der Waals surface area contributed by atoms with Gasteiger partial charge in [0, 0.05) is 18.7 Å². The van der Waals surface area contributed by atoms with Gasteiger partial charge in [0.15, 0.2) is 0 Å². The lowest BCUT2D eigenvalue weighted by molar-refractivity contribution is -0.136. The van der Waals surface area contributed by atoms with Gasteiger partial charge < -0.3 is 39.9 Å². The number of benzene rings is 4. The molecule has 4 aromatic carbocycles. The summed E-state index contributed by atoms with van der Waals surface area (Å²) in [5.74, 6) is 0.507. The highest BCUT2D eigenvalue weighted by atomic mass is 16.5. The minimum Gasteiger partial charge on any atom is -0.453 e. The number of aromatic amines is 2. The van der Waals surface area contributed by atoms with Gasteiger partial charge in [0.2, 0.25) is 5.91 Å². The first-order chi connectivity index (χ1) is 30.9. The summed E-state index contributed by atoms with van der Waals surface area (Å²) in [5, 5.41) is 17.4. The molecule has 0 saturated carbocycles. The Hall–Kier alpha value is -7.47. The predicted molar refractivity (Wildman–Crippen MR) is 240 cm³/mol. The molecule has 6 aromatic rings. The molecule has 4 N–H and O–H groups in total. The first-order valence-electron chi connectivity index (χ1n) is 21.4. The van der Waals surface area contributed by atoms with E-state index in [9.17, 15) is 24.4 Å². The number of nitrogens with zero attached hydrogens (tertiary/aromatic N) is 5. The van der Waals surface area contributed by atoms with E-state index in [4.69, 9.17) is 19.4 Å². The number of imidazole rings is 2.